The van der Waals surface area contributed by atoms with Crippen molar-refractivity contribution in [3.8, 4) is 5.75 Å². The molecular formula is C13H18O. The van der Waals surface area contributed by atoms with Gasteiger partial charge in [-0.3, -0.25) is 0 Å². The van der Waals surface area contributed by atoms with Crippen LogP contribution in [0, 0.1) is 0 Å². The lowest BCUT2D eigenvalue weighted by Crippen LogP contribution is -1.94. The molecule has 1 aromatic carbocycles. The number of unbranched alkanes of at least 4 members (excludes halogenated alkanes) is 1. The van der Waals surface area contributed by atoms with Crippen LogP contribution in [0.2, 0.25) is 0 Å². The van der Waals surface area contributed by atoms with E-state index in [0.29, 0.717) is 0 Å². The molecule has 0 fully saturated rings. The Morgan fingerprint density at radius 2 is 2.21 bits per heavy atom. The lowest BCUT2D eigenvalue weighted by molar-refractivity contribution is 0.408. The van der Waals surface area contributed by atoms with Crippen LogP contribution in [0.4, 0.5) is 0 Å². The fourth-order valence-electron chi connectivity index (χ4n) is 1.58. The first kappa shape index (κ1) is 10.8. The van der Waals surface area contributed by atoms with Crippen LogP contribution in [0.1, 0.15) is 30.9 Å². The van der Waals surface area contributed by atoms with E-state index in [0.717, 1.165) is 17.7 Å². The van der Waals surface area contributed by atoms with Crippen molar-refractivity contribution in [1.82, 2.24) is 0 Å². The van der Waals surface area contributed by atoms with Gasteiger partial charge in [0.15, 0.2) is 0 Å². The Balaban J connectivity index is 2.96. The lowest BCUT2D eigenvalue weighted by atomic mass is 10.0. The van der Waals surface area contributed by atoms with Crippen molar-refractivity contribution in [3.63, 3.8) is 0 Å². The molecule has 76 valence electrons. The third-order valence-electron chi connectivity index (χ3n) is 2.35. The van der Waals surface area contributed by atoms with Gasteiger partial charge >= 0.3 is 0 Å². The molecule has 0 amide bonds. The highest BCUT2D eigenvalue weighted by molar-refractivity contribution is 5.58. The van der Waals surface area contributed by atoms with Gasteiger partial charge in [-0.25, -0.2) is 0 Å². The summed E-state index contributed by atoms with van der Waals surface area (Å²) in [6, 6.07) is 6.22. The first-order chi connectivity index (χ1) is 6.83. The van der Waals surface area contributed by atoms with Gasteiger partial charge in [0.25, 0.3) is 0 Å². The number of rotatable bonds is 5. The van der Waals surface area contributed by atoms with E-state index >= 15 is 0 Å². The molecule has 14 heavy (non-hydrogen) atoms. The number of hydrogen-bond acceptors (Lipinski definition) is 1. The van der Waals surface area contributed by atoms with Gasteiger partial charge in [-0.05, 0) is 18.4 Å². The molecule has 0 aliphatic rings. The standard InChI is InChI=1S/C13H18O/c1-4-6-8-12-10-7-9-11(5-2)13(12)14-3/h5,7,9-10H,2,4,6,8H2,1,3H3. The van der Waals surface area contributed by atoms with Crippen molar-refractivity contribution in [2.75, 3.05) is 7.11 Å². The smallest absolute Gasteiger partial charge is 0.129 e. The number of para-hydroxylation sites is 1. The summed E-state index contributed by atoms with van der Waals surface area (Å²) in [6.07, 6.45) is 5.34. The van der Waals surface area contributed by atoms with Crippen molar-refractivity contribution in [2.24, 2.45) is 0 Å². The lowest BCUT2D eigenvalue weighted by Gasteiger charge is -2.10. The van der Waals surface area contributed by atoms with Crippen LogP contribution in [0.5, 0.6) is 5.75 Å². The summed E-state index contributed by atoms with van der Waals surface area (Å²) in [7, 11) is 1.72. The minimum atomic E-state index is 0.982. The van der Waals surface area contributed by atoms with Crippen LogP contribution in [0.3, 0.4) is 0 Å². The van der Waals surface area contributed by atoms with Gasteiger partial charge in [-0.15, -0.1) is 0 Å². The van der Waals surface area contributed by atoms with Crippen LogP contribution in [-0.4, -0.2) is 7.11 Å². The highest BCUT2D eigenvalue weighted by Gasteiger charge is 2.05. The Labute approximate surface area is 86.4 Å². The van der Waals surface area contributed by atoms with Crippen LogP contribution in [0.25, 0.3) is 6.08 Å². The van der Waals surface area contributed by atoms with Gasteiger partial charge in [0.2, 0.25) is 0 Å². The van der Waals surface area contributed by atoms with E-state index in [4.69, 9.17) is 4.74 Å². The fourth-order valence-corrected chi connectivity index (χ4v) is 1.58. The monoisotopic (exact) mass is 190 g/mol. The Hall–Kier alpha value is -1.24. The number of ether oxygens (including phenoxy) is 1. The molecule has 0 spiro atoms. The average molecular weight is 190 g/mol. The molecule has 0 aromatic heterocycles. The first-order valence-electron chi connectivity index (χ1n) is 5.11. The third-order valence-corrected chi connectivity index (χ3v) is 2.35. The molecule has 0 radical (unpaired) electrons. The molecule has 1 nitrogen and oxygen atoms in total. The molecule has 1 rings (SSSR count). The van der Waals surface area contributed by atoms with E-state index < -0.39 is 0 Å². The Morgan fingerprint density at radius 3 is 2.79 bits per heavy atom. The van der Waals surface area contributed by atoms with Gasteiger partial charge in [0, 0.05) is 5.56 Å². The summed E-state index contributed by atoms with van der Waals surface area (Å²) in [5.41, 5.74) is 2.37. The average Bonchev–Trinajstić information content (AvgIpc) is 2.25. The maximum atomic E-state index is 5.39. The Morgan fingerprint density at radius 1 is 1.43 bits per heavy atom. The minimum Gasteiger partial charge on any atom is -0.496 e. The van der Waals surface area contributed by atoms with E-state index in [2.05, 4.69) is 25.6 Å². The zero-order valence-electron chi connectivity index (χ0n) is 9.05. The summed E-state index contributed by atoms with van der Waals surface area (Å²) in [4.78, 5) is 0. The van der Waals surface area contributed by atoms with Crippen molar-refractivity contribution < 1.29 is 4.74 Å². The molecule has 0 saturated heterocycles. The van der Waals surface area contributed by atoms with Crippen LogP contribution in [-0.2, 0) is 6.42 Å². The second-order valence-corrected chi connectivity index (χ2v) is 3.35. The first-order valence-corrected chi connectivity index (χ1v) is 5.11. The summed E-state index contributed by atoms with van der Waals surface area (Å²) < 4.78 is 5.39. The van der Waals surface area contributed by atoms with E-state index in [1.54, 1.807) is 7.11 Å². The third kappa shape index (κ3) is 2.38. The highest BCUT2D eigenvalue weighted by Crippen LogP contribution is 2.25. The quantitative estimate of drug-likeness (QED) is 0.688. The number of methoxy groups -OCH3 is 1. The molecule has 0 unspecified atom stereocenters. The van der Waals surface area contributed by atoms with Crippen molar-refractivity contribution >= 4 is 6.08 Å². The Kier molecular flexibility index (Phi) is 4.24. The summed E-state index contributed by atoms with van der Waals surface area (Å²) in [5.74, 6) is 0.982. The van der Waals surface area contributed by atoms with E-state index in [9.17, 15) is 0 Å². The van der Waals surface area contributed by atoms with E-state index in [-0.39, 0.29) is 0 Å². The van der Waals surface area contributed by atoms with Gasteiger partial charge in [-0.2, -0.15) is 0 Å². The molecule has 1 heteroatoms. The zero-order chi connectivity index (χ0) is 10.4. The fraction of sp³-hybridized carbons (Fsp3) is 0.385. The second kappa shape index (κ2) is 5.48. The van der Waals surface area contributed by atoms with Gasteiger partial charge in [-0.1, -0.05) is 44.2 Å². The number of aryl methyl sites for hydroxylation is 1. The number of benzene rings is 1. The molecule has 0 heterocycles. The van der Waals surface area contributed by atoms with E-state index in [1.807, 2.05) is 12.1 Å². The molecule has 0 aliphatic carbocycles. The van der Waals surface area contributed by atoms with Crippen LogP contribution < -0.4 is 4.74 Å². The second-order valence-electron chi connectivity index (χ2n) is 3.35. The molecular weight excluding hydrogens is 172 g/mol. The summed E-state index contributed by atoms with van der Waals surface area (Å²) in [5, 5.41) is 0. The highest BCUT2D eigenvalue weighted by atomic mass is 16.5. The van der Waals surface area contributed by atoms with Crippen molar-refractivity contribution in [1.29, 1.82) is 0 Å². The van der Waals surface area contributed by atoms with Crippen molar-refractivity contribution in [3.05, 3.63) is 35.9 Å². The summed E-state index contributed by atoms with van der Waals surface area (Å²) in [6.45, 7) is 5.98. The Bertz CT molecular complexity index is 302. The normalized spacial score (nSPS) is 9.86. The SMILES string of the molecule is C=Cc1cccc(CCCC)c1OC. The van der Waals surface area contributed by atoms with E-state index in [1.165, 1.54) is 18.4 Å². The topological polar surface area (TPSA) is 9.23 Å². The maximum absolute atomic E-state index is 5.39. The molecule has 0 N–H and O–H groups in total. The number of hydrogen-bond donors (Lipinski definition) is 0. The van der Waals surface area contributed by atoms with Crippen molar-refractivity contribution in [2.45, 2.75) is 26.2 Å². The minimum absolute atomic E-state index is 0.982. The predicted molar refractivity (Wildman–Crippen MR) is 61.7 cm³/mol. The maximum Gasteiger partial charge on any atom is 0.129 e. The predicted octanol–water partition coefficient (Wildman–Crippen LogP) is 3.68. The largest absolute Gasteiger partial charge is 0.496 e. The molecule has 0 atom stereocenters. The molecule has 0 bridgehead atoms. The van der Waals surface area contributed by atoms with Crippen LogP contribution in [0.15, 0.2) is 24.8 Å². The van der Waals surface area contributed by atoms with Crippen LogP contribution >= 0.6 is 0 Å². The van der Waals surface area contributed by atoms with Gasteiger partial charge < -0.3 is 4.74 Å². The van der Waals surface area contributed by atoms with Gasteiger partial charge in [0.05, 0.1) is 7.11 Å². The summed E-state index contributed by atoms with van der Waals surface area (Å²) >= 11 is 0. The molecule has 0 saturated carbocycles. The zero-order valence-corrected chi connectivity index (χ0v) is 9.05. The molecule has 1 aromatic rings. The molecule has 0 aliphatic heterocycles. The van der Waals surface area contributed by atoms with Gasteiger partial charge in [0.1, 0.15) is 5.75 Å².